The number of hydrogen-bond acceptors (Lipinski definition) is 4. The zero-order valence-electron chi connectivity index (χ0n) is 15.1. The fourth-order valence-corrected chi connectivity index (χ4v) is 3.42. The van der Waals surface area contributed by atoms with Gasteiger partial charge in [-0.15, -0.1) is 0 Å². The highest BCUT2D eigenvalue weighted by Gasteiger charge is 2.34. The molecule has 1 saturated heterocycles. The monoisotopic (exact) mass is 347 g/mol. The summed E-state index contributed by atoms with van der Waals surface area (Å²) >= 11 is 0. The van der Waals surface area contributed by atoms with Crippen molar-refractivity contribution in [2.24, 2.45) is 7.05 Å². The van der Waals surface area contributed by atoms with E-state index >= 15 is 0 Å². The van der Waals surface area contributed by atoms with Gasteiger partial charge in [-0.2, -0.15) is 0 Å². The number of amides is 1. The van der Waals surface area contributed by atoms with Crippen molar-refractivity contribution in [2.75, 3.05) is 13.1 Å². The van der Waals surface area contributed by atoms with Gasteiger partial charge in [-0.05, 0) is 38.8 Å². The van der Waals surface area contributed by atoms with Gasteiger partial charge in [0, 0.05) is 19.5 Å². The Morgan fingerprint density at radius 2 is 2.08 bits per heavy atom. The number of ether oxygens (including phenoxy) is 1. The highest BCUT2D eigenvalue weighted by Crippen LogP contribution is 2.33. The number of aryl methyl sites for hydroxylation is 1. The van der Waals surface area contributed by atoms with E-state index in [0.29, 0.717) is 13.0 Å². The lowest BCUT2D eigenvalue weighted by molar-refractivity contribution is -0.00141. The van der Waals surface area contributed by atoms with Crippen LogP contribution in [0.25, 0.3) is 11.0 Å². The second-order valence-electron chi connectivity index (χ2n) is 7.62. The number of aliphatic hydroxyl groups is 1. The Balaban J connectivity index is 1.83. The Labute approximate surface area is 146 Å². The number of fused-ring (bicyclic) bond motifs is 1. The summed E-state index contributed by atoms with van der Waals surface area (Å²) in [6, 6.07) is 5.66. The highest BCUT2D eigenvalue weighted by atomic mass is 16.6. The second kappa shape index (κ2) is 6.22. The van der Waals surface area contributed by atoms with Crippen molar-refractivity contribution < 1.29 is 14.6 Å². The number of benzene rings is 1. The first-order chi connectivity index (χ1) is 11.7. The van der Waals surface area contributed by atoms with Gasteiger partial charge in [0.1, 0.15) is 5.60 Å². The van der Waals surface area contributed by atoms with Crippen molar-refractivity contribution in [2.45, 2.75) is 44.8 Å². The Morgan fingerprint density at radius 1 is 1.36 bits per heavy atom. The number of carbonyl (C=O) groups is 1. The summed E-state index contributed by atoms with van der Waals surface area (Å²) in [4.78, 5) is 28.5. The minimum absolute atomic E-state index is 0.135. The van der Waals surface area contributed by atoms with Gasteiger partial charge in [-0.1, -0.05) is 12.1 Å². The summed E-state index contributed by atoms with van der Waals surface area (Å²) in [7, 11) is 1.72. The van der Waals surface area contributed by atoms with Crippen LogP contribution in [0.5, 0.6) is 0 Å². The van der Waals surface area contributed by atoms with E-state index in [2.05, 4.69) is 4.98 Å². The lowest BCUT2D eigenvalue weighted by atomic mass is 9.86. The van der Waals surface area contributed by atoms with E-state index in [1.54, 1.807) is 16.5 Å². The third kappa shape index (κ3) is 3.42. The zero-order chi connectivity index (χ0) is 18.4. The number of para-hydroxylation sites is 1. The van der Waals surface area contributed by atoms with Gasteiger partial charge in [0.2, 0.25) is 0 Å². The number of H-pyrrole nitrogens is 1. The van der Waals surface area contributed by atoms with Gasteiger partial charge in [0.25, 0.3) is 0 Å². The van der Waals surface area contributed by atoms with Gasteiger partial charge in [0.05, 0.1) is 23.7 Å². The van der Waals surface area contributed by atoms with Crippen LogP contribution in [-0.4, -0.2) is 50.4 Å². The molecule has 0 spiro atoms. The van der Waals surface area contributed by atoms with Crippen LogP contribution in [-0.2, 0) is 11.8 Å². The number of aromatic amines is 1. The summed E-state index contributed by atoms with van der Waals surface area (Å²) < 4.78 is 6.95. The average Bonchev–Trinajstić information content (AvgIpc) is 2.80. The lowest BCUT2D eigenvalue weighted by Gasteiger charge is -2.37. The third-order valence-corrected chi connectivity index (χ3v) is 4.58. The Hall–Kier alpha value is -2.28. The predicted octanol–water partition coefficient (Wildman–Crippen LogP) is 1.95. The van der Waals surface area contributed by atoms with Crippen molar-refractivity contribution in [3.63, 3.8) is 0 Å². The topological polar surface area (TPSA) is 87.6 Å². The van der Waals surface area contributed by atoms with Gasteiger partial charge >= 0.3 is 11.8 Å². The molecule has 7 nitrogen and oxygen atoms in total. The van der Waals surface area contributed by atoms with Crippen LogP contribution in [0.15, 0.2) is 23.0 Å². The van der Waals surface area contributed by atoms with Crippen molar-refractivity contribution in [3.05, 3.63) is 34.2 Å². The van der Waals surface area contributed by atoms with Crippen LogP contribution in [0, 0.1) is 0 Å². The smallest absolute Gasteiger partial charge is 0.410 e. The van der Waals surface area contributed by atoms with E-state index in [1.807, 2.05) is 39.0 Å². The number of rotatable bonds is 1. The van der Waals surface area contributed by atoms with E-state index in [0.717, 1.165) is 16.6 Å². The van der Waals surface area contributed by atoms with Gasteiger partial charge < -0.3 is 19.7 Å². The summed E-state index contributed by atoms with van der Waals surface area (Å²) in [5, 5.41) is 10.7. The molecule has 7 heteroatoms. The summed E-state index contributed by atoms with van der Waals surface area (Å²) in [6.07, 6.45) is -0.507. The fourth-order valence-electron chi connectivity index (χ4n) is 3.42. The normalized spacial score (nSPS) is 21.6. The molecule has 25 heavy (non-hydrogen) atoms. The summed E-state index contributed by atoms with van der Waals surface area (Å²) in [6.45, 7) is 6.18. The maximum Gasteiger partial charge on any atom is 0.410 e. The number of likely N-dealkylation sites (tertiary alicyclic amines) is 1. The molecule has 1 aromatic carbocycles. The first kappa shape index (κ1) is 17.5. The van der Waals surface area contributed by atoms with Crippen molar-refractivity contribution in [3.8, 4) is 0 Å². The largest absolute Gasteiger partial charge is 0.444 e. The number of nitrogens with one attached hydrogen (secondary N) is 1. The minimum Gasteiger partial charge on any atom is -0.444 e. The van der Waals surface area contributed by atoms with E-state index in [-0.39, 0.29) is 18.2 Å². The molecule has 2 aromatic rings. The molecule has 1 aliphatic heterocycles. The van der Waals surface area contributed by atoms with Crippen molar-refractivity contribution in [1.29, 1.82) is 0 Å². The van der Waals surface area contributed by atoms with Crippen LogP contribution >= 0.6 is 0 Å². The number of carbonyl (C=O) groups excluding carboxylic acids is 1. The molecule has 1 aliphatic rings. The maximum atomic E-state index is 12.2. The molecule has 136 valence electrons. The molecule has 1 amide bonds. The molecule has 2 heterocycles. The predicted molar refractivity (Wildman–Crippen MR) is 94.7 cm³/mol. The highest BCUT2D eigenvalue weighted by molar-refractivity contribution is 5.79. The van der Waals surface area contributed by atoms with E-state index in [9.17, 15) is 14.7 Å². The lowest BCUT2D eigenvalue weighted by Crippen LogP contribution is -2.47. The number of nitrogens with zero attached hydrogens (tertiary/aromatic N) is 2. The second-order valence-corrected chi connectivity index (χ2v) is 7.62. The zero-order valence-corrected chi connectivity index (χ0v) is 15.1. The van der Waals surface area contributed by atoms with Gasteiger partial charge in [-0.25, -0.2) is 9.59 Å². The molecule has 2 atom stereocenters. The molecule has 2 N–H and O–H groups in total. The fraction of sp³-hybridized carbons (Fsp3) is 0.556. The molecule has 3 rings (SSSR count). The van der Waals surface area contributed by atoms with Crippen LogP contribution in [0.4, 0.5) is 4.79 Å². The standard InChI is InChI=1S/C18H25N3O4/c1-18(2,3)25-17(24)21-9-8-11(14(22)10-21)12-6-5-7-13-15(12)20(4)16(23)19-13/h5-7,11,14,22H,8-10H2,1-4H3,(H,19,23). The first-order valence-corrected chi connectivity index (χ1v) is 8.51. The number of piperidine rings is 1. The third-order valence-electron chi connectivity index (χ3n) is 4.58. The van der Waals surface area contributed by atoms with Crippen LogP contribution in [0.3, 0.4) is 0 Å². The SMILES string of the molecule is Cn1c(=O)[nH]c2cccc(C3CCN(C(=O)OC(C)(C)C)CC3O)c21. The van der Waals surface area contributed by atoms with E-state index in [4.69, 9.17) is 4.74 Å². The Bertz CT molecular complexity index is 846. The number of hydrogen-bond donors (Lipinski definition) is 2. The van der Waals surface area contributed by atoms with Gasteiger partial charge in [0.15, 0.2) is 0 Å². The number of aromatic nitrogens is 2. The number of imidazole rings is 1. The average molecular weight is 347 g/mol. The van der Waals surface area contributed by atoms with E-state index in [1.165, 1.54) is 0 Å². The summed E-state index contributed by atoms with van der Waals surface area (Å²) in [5.41, 5.74) is 1.75. The summed E-state index contributed by atoms with van der Waals surface area (Å²) in [5.74, 6) is -0.135. The molecule has 0 aliphatic carbocycles. The van der Waals surface area contributed by atoms with E-state index < -0.39 is 17.8 Å². The molecule has 0 radical (unpaired) electrons. The van der Waals surface area contributed by atoms with Crippen LogP contribution < -0.4 is 5.69 Å². The first-order valence-electron chi connectivity index (χ1n) is 8.51. The van der Waals surface area contributed by atoms with Crippen molar-refractivity contribution >= 4 is 17.1 Å². The number of β-amino-alcohol motifs (C(OH)–C–C–N with tert-alkyl or cyclic N) is 1. The molecular formula is C18H25N3O4. The Morgan fingerprint density at radius 3 is 2.72 bits per heavy atom. The molecular weight excluding hydrogens is 322 g/mol. The molecule has 0 bridgehead atoms. The molecule has 2 unspecified atom stereocenters. The van der Waals surface area contributed by atoms with Crippen LogP contribution in [0.1, 0.15) is 38.7 Å². The maximum absolute atomic E-state index is 12.2. The van der Waals surface area contributed by atoms with Crippen molar-refractivity contribution in [1.82, 2.24) is 14.5 Å². The molecule has 1 fully saturated rings. The Kier molecular flexibility index (Phi) is 4.36. The van der Waals surface area contributed by atoms with Gasteiger partial charge in [-0.3, -0.25) is 4.57 Å². The number of aliphatic hydroxyl groups excluding tert-OH is 1. The minimum atomic E-state index is -0.711. The van der Waals surface area contributed by atoms with Crippen LogP contribution in [0.2, 0.25) is 0 Å². The quantitative estimate of drug-likeness (QED) is 0.825. The molecule has 1 aromatic heterocycles. The molecule has 0 saturated carbocycles.